The number of nitrogens with zero attached hydrogens (tertiary/aromatic N) is 2. The Morgan fingerprint density at radius 3 is 2.21 bits per heavy atom. The lowest BCUT2D eigenvalue weighted by Crippen LogP contribution is -1.97. The molecule has 2 aromatic carbocycles. The van der Waals surface area contributed by atoms with Gasteiger partial charge in [-0.25, -0.2) is 9.97 Å². The molecule has 0 saturated heterocycles. The predicted octanol–water partition coefficient (Wildman–Crippen LogP) is 6.01. The van der Waals surface area contributed by atoms with Crippen molar-refractivity contribution in [1.29, 1.82) is 0 Å². The molecule has 122 valence electrons. The maximum atomic E-state index is 6.26. The maximum Gasteiger partial charge on any atom is 0.202 e. The molecule has 1 aromatic heterocycles. The number of para-hydroxylation sites is 2. The molecule has 0 bridgehead atoms. The third kappa shape index (κ3) is 3.64. The van der Waals surface area contributed by atoms with Gasteiger partial charge in [0.15, 0.2) is 27.6 Å². The van der Waals surface area contributed by atoms with Gasteiger partial charge in [-0.05, 0) is 24.3 Å². The van der Waals surface area contributed by atoms with Gasteiger partial charge in [-0.1, -0.05) is 63.4 Å². The number of benzene rings is 2. The Hall–Kier alpha value is -1.82. The molecule has 0 aliphatic carbocycles. The monoisotopic (exact) mass is 424 g/mol. The molecule has 0 fully saturated rings. The highest BCUT2D eigenvalue weighted by Crippen LogP contribution is 2.38. The molecule has 7 heteroatoms. The van der Waals surface area contributed by atoms with Crippen molar-refractivity contribution in [3.63, 3.8) is 0 Å². The minimum atomic E-state index is 0.121. The molecule has 0 radical (unpaired) electrons. The van der Waals surface area contributed by atoms with Crippen LogP contribution in [0.4, 0.5) is 0 Å². The molecular formula is C17H11BrCl2N2O2. The first-order chi connectivity index (χ1) is 11.6. The second-order valence-electron chi connectivity index (χ2n) is 4.72. The summed E-state index contributed by atoms with van der Waals surface area (Å²) in [6.07, 6.45) is 0. The van der Waals surface area contributed by atoms with Crippen LogP contribution in [0, 0.1) is 0 Å². The van der Waals surface area contributed by atoms with E-state index in [1.54, 1.807) is 19.2 Å². The van der Waals surface area contributed by atoms with E-state index in [1.165, 1.54) is 0 Å². The number of methoxy groups -OCH3 is 1. The van der Waals surface area contributed by atoms with E-state index in [2.05, 4.69) is 25.9 Å². The Bertz CT molecular complexity index is 867. The zero-order valence-corrected chi connectivity index (χ0v) is 15.6. The predicted molar refractivity (Wildman–Crippen MR) is 98.3 cm³/mol. The first-order valence-electron chi connectivity index (χ1n) is 6.88. The average Bonchev–Trinajstić information content (AvgIpc) is 2.58. The van der Waals surface area contributed by atoms with E-state index < -0.39 is 0 Å². The fourth-order valence-electron chi connectivity index (χ4n) is 2.05. The number of hydrogen-bond acceptors (Lipinski definition) is 4. The number of ether oxygens (including phenoxy) is 2. The number of rotatable bonds is 4. The smallest absolute Gasteiger partial charge is 0.202 e. The van der Waals surface area contributed by atoms with Crippen LogP contribution in [0.25, 0.3) is 11.4 Å². The summed E-state index contributed by atoms with van der Waals surface area (Å²) in [6.45, 7) is 0. The van der Waals surface area contributed by atoms with Gasteiger partial charge in [0, 0.05) is 10.0 Å². The quantitative estimate of drug-likeness (QED) is 0.479. The number of hydrogen-bond donors (Lipinski definition) is 0. The highest BCUT2D eigenvalue weighted by molar-refractivity contribution is 9.10. The van der Waals surface area contributed by atoms with Crippen molar-refractivity contribution in [3.05, 3.63) is 63.3 Å². The number of halogens is 3. The van der Waals surface area contributed by atoms with Gasteiger partial charge >= 0.3 is 0 Å². The largest absolute Gasteiger partial charge is 0.493 e. The summed E-state index contributed by atoms with van der Waals surface area (Å²) >= 11 is 15.9. The molecule has 0 amide bonds. The SMILES string of the molecule is COc1ccccc1Oc1c(Cl)nc(-c2cccc(Br)c2)nc1Cl. The molecule has 0 aliphatic rings. The van der Waals surface area contributed by atoms with Gasteiger partial charge in [0.2, 0.25) is 5.75 Å². The molecule has 24 heavy (non-hydrogen) atoms. The first kappa shape index (κ1) is 17.0. The highest BCUT2D eigenvalue weighted by Gasteiger charge is 2.17. The summed E-state index contributed by atoms with van der Waals surface area (Å²) < 4.78 is 11.9. The molecule has 0 unspecified atom stereocenters. The van der Waals surface area contributed by atoms with E-state index in [4.69, 9.17) is 32.7 Å². The summed E-state index contributed by atoms with van der Waals surface area (Å²) in [5.41, 5.74) is 0.789. The maximum absolute atomic E-state index is 6.26. The first-order valence-corrected chi connectivity index (χ1v) is 8.43. The highest BCUT2D eigenvalue weighted by atomic mass is 79.9. The topological polar surface area (TPSA) is 44.2 Å². The van der Waals surface area contributed by atoms with Crippen LogP contribution < -0.4 is 9.47 Å². The van der Waals surface area contributed by atoms with Gasteiger partial charge in [-0.15, -0.1) is 0 Å². The van der Waals surface area contributed by atoms with Gasteiger partial charge in [0.05, 0.1) is 7.11 Å². The van der Waals surface area contributed by atoms with Crippen molar-refractivity contribution in [1.82, 2.24) is 9.97 Å². The van der Waals surface area contributed by atoms with E-state index in [-0.39, 0.29) is 16.1 Å². The van der Waals surface area contributed by atoms with E-state index >= 15 is 0 Å². The molecular weight excluding hydrogens is 415 g/mol. The van der Waals surface area contributed by atoms with Crippen LogP contribution in [-0.2, 0) is 0 Å². The lowest BCUT2D eigenvalue weighted by atomic mass is 10.2. The van der Waals surface area contributed by atoms with E-state index in [0.29, 0.717) is 17.3 Å². The molecule has 3 aromatic rings. The zero-order valence-electron chi connectivity index (χ0n) is 12.5. The van der Waals surface area contributed by atoms with Crippen LogP contribution in [0.1, 0.15) is 0 Å². The molecule has 3 rings (SSSR count). The Morgan fingerprint density at radius 2 is 1.58 bits per heavy atom. The van der Waals surface area contributed by atoms with Gasteiger partial charge in [0.25, 0.3) is 0 Å². The number of aromatic nitrogens is 2. The Balaban J connectivity index is 1.99. The van der Waals surface area contributed by atoms with Crippen LogP contribution in [0.3, 0.4) is 0 Å². The average molecular weight is 426 g/mol. The van der Waals surface area contributed by atoms with Crippen LogP contribution in [0.5, 0.6) is 17.2 Å². The van der Waals surface area contributed by atoms with Gasteiger partial charge < -0.3 is 9.47 Å². The molecule has 0 saturated carbocycles. The van der Waals surface area contributed by atoms with E-state index in [9.17, 15) is 0 Å². The van der Waals surface area contributed by atoms with Crippen molar-refractivity contribution in [2.24, 2.45) is 0 Å². The summed E-state index contributed by atoms with van der Waals surface area (Å²) in [5.74, 6) is 1.63. The second kappa shape index (κ2) is 7.38. The van der Waals surface area contributed by atoms with Crippen molar-refractivity contribution >= 4 is 39.1 Å². The summed E-state index contributed by atoms with van der Waals surface area (Å²) in [6, 6.07) is 14.7. The van der Waals surface area contributed by atoms with E-state index in [1.807, 2.05) is 36.4 Å². The van der Waals surface area contributed by atoms with Crippen molar-refractivity contribution < 1.29 is 9.47 Å². The van der Waals surface area contributed by atoms with Crippen molar-refractivity contribution in [2.75, 3.05) is 7.11 Å². The lowest BCUT2D eigenvalue weighted by molar-refractivity contribution is 0.378. The third-order valence-electron chi connectivity index (χ3n) is 3.15. The fraction of sp³-hybridized carbons (Fsp3) is 0.0588. The Kier molecular flexibility index (Phi) is 5.23. The molecule has 1 heterocycles. The third-order valence-corrected chi connectivity index (χ3v) is 4.15. The Labute approximate surface area is 157 Å². The van der Waals surface area contributed by atoms with Gasteiger partial charge in [-0.2, -0.15) is 0 Å². The summed E-state index contributed by atoms with van der Waals surface area (Å²) in [5, 5.41) is 0.242. The summed E-state index contributed by atoms with van der Waals surface area (Å²) in [4.78, 5) is 8.56. The van der Waals surface area contributed by atoms with Crippen LogP contribution in [0.15, 0.2) is 53.0 Å². The van der Waals surface area contributed by atoms with Gasteiger partial charge in [0.1, 0.15) is 0 Å². The second-order valence-corrected chi connectivity index (χ2v) is 6.35. The fourth-order valence-corrected chi connectivity index (χ4v) is 2.92. The summed E-state index contributed by atoms with van der Waals surface area (Å²) in [7, 11) is 1.55. The lowest BCUT2D eigenvalue weighted by Gasteiger charge is -2.12. The zero-order chi connectivity index (χ0) is 17.1. The molecule has 0 atom stereocenters. The Morgan fingerprint density at radius 1 is 0.917 bits per heavy atom. The van der Waals surface area contributed by atoms with E-state index in [0.717, 1.165) is 10.0 Å². The van der Waals surface area contributed by atoms with Crippen molar-refractivity contribution in [3.8, 4) is 28.6 Å². The molecule has 0 aliphatic heterocycles. The van der Waals surface area contributed by atoms with Crippen LogP contribution in [-0.4, -0.2) is 17.1 Å². The van der Waals surface area contributed by atoms with Crippen LogP contribution in [0.2, 0.25) is 10.3 Å². The molecule has 0 spiro atoms. The van der Waals surface area contributed by atoms with Crippen molar-refractivity contribution in [2.45, 2.75) is 0 Å². The normalized spacial score (nSPS) is 10.5. The minimum Gasteiger partial charge on any atom is -0.493 e. The minimum absolute atomic E-state index is 0.121. The van der Waals surface area contributed by atoms with Crippen LogP contribution >= 0.6 is 39.1 Å². The molecule has 0 N–H and O–H groups in total. The standard InChI is InChI=1S/C17H11BrCl2N2O2/c1-23-12-7-2-3-8-13(12)24-14-15(19)21-17(22-16(14)20)10-5-4-6-11(18)9-10/h2-9H,1H3. The molecule has 4 nitrogen and oxygen atoms in total. The van der Waals surface area contributed by atoms with Gasteiger partial charge in [-0.3, -0.25) is 0 Å².